The summed E-state index contributed by atoms with van der Waals surface area (Å²) in [4.78, 5) is 11.8. The van der Waals surface area contributed by atoms with Crippen LogP contribution in [0, 0.1) is 11.8 Å². The van der Waals surface area contributed by atoms with Crippen molar-refractivity contribution in [3.8, 4) is 0 Å². The summed E-state index contributed by atoms with van der Waals surface area (Å²) in [5, 5.41) is 1.63. The molecule has 2 atom stereocenters. The van der Waals surface area contributed by atoms with Crippen molar-refractivity contribution in [3.05, 3.63) is 22.9 Å². The van der Waals surface area contributed by atoms with Gasteiger partial charge in [-0.2, -0.15) is 0 Å². The summed E-state index contributed by atoms with van der Waals surface area (Å²) in [6.45, 7) is 13.2. The van der Waals surface area contributed by atoms with Crippen LogP contribution in [0.5, 0.6) is 0 Å². The summed E-state index contributed by atoms with van der Waals surface area (Å²) >= 11 is 0. The van der Waals surface area contributed by atoms with Gasteiger partial charge >= 0.3 is 0 Å². The number of fused-ring (bicyclic) bond motifs is 1. The van der Waals surface area contributed by atoms with Gasteiger partial charge in [-0.25, -0.2) is 0 Å². The minimum atomic E-state index is -1.25. The highest BCUT2D eigenvalue weighted by Gasteiger charge is 2.51. The number of hydrogen-bond donors (Lipinski definition) is 0. The zero-order chi connectivity index (χ0) is 11.4. The minimum absolute atomic E-state index is 0.240. The molecule has 0 bridgehead atoms. The lowest BCUT2D eigenvalue weighted by atomic mass is 9.73. The zero-order valence-corrected chi connectivity index (χ0v) is 11.2. The molecule has 0 saturated heterocycles. The average molecular weight is 220 g/mol. The fraction of sp³-hybridized carbons (Fsp3) is 0.615. The van der Waals surface area contributed by atoms with E-state index in [1.54, 1.807) is 5.20 Å². The maximum Gasteiger partial charge on any atom is 0.140 e. The Labute approximate surface area is 93.3 Å². The molecular weight excluding hydrogens is 200 g/mol. The number of rotatable bonds is 2. The SMILES string of the molecule is C=C(C)C1=C([Si](C)(C)C)[C@H]2CCC(=O)[C@@H]12. The topological polar surface area (TPSA) is 17.1 Å². The second kappa shape index (κ2) is 3.18. The van der Waals surface area contributed by atoms with Gasteiger partial charge in [0.25, 0.3) is 0 Å². The van der Waals surface area contributed by atoms with Crippen LogP contribution in [0.2, 0.25) is 19.6 Å². The molecule has 0 aromatic rings. The number of Topliss-reactive ketones (excluding diaryl/α,β-unsaturated/α-hetero) is 1. The van der Waals surface area contributed by atoms with Crippen LogP contribution in [-0.4, -0.2) is 13.9 Å². The molecule has 0 aromatic heterocycles. The van der Waals surface area contributed by atoms with E-state index in [1.165, 1.54) is 5.57 Å². The highest BCUT2D eigenvalue weighted by molar-refractivity contribution is 6.83. The molecule has 15 heavy (non-hydrogen) atoms. The lowest BCUT2D eigenvalue weighted by Crippen LogP contribution is -2.42. The van der Waals surface area contributed by atoms with Gasteiger partial charge in [-0.3, -0.25) is 4.79 Å². The van der Waals surface area contributed by atoms with E-state index in [4.69, 9.17) is 0 Å². The Kier molecular flexibility index (Phi) is 2.30. The Hall–Kier alpha value is -0.633. The van der Waals surface area contributed by atoms with Gasteiger partial charge in [0, 0.05) is 12.3 Å². The highest BCUT2D eigenvalue weighted by Crippen LogP contribution is 2.54. The Morgan fingerprint density at radius 2 is 2.00 bits per heavy atom. The van der Waals surface area contributed by atoms with Gasteiger partial charge in [-0.05, 0) is 24.8 Å². The Morgan fingerprint density at radius 3 is 2.47 bits per heavy atom. The smallest absolute Gasteiger partial charge is 0.140 e. The zero-order valence-electron chi connectivity index (χ0n) is 10.2. The van der Waals surface area contributed by atoms with Gasteiger partial charge in [-0.15, -0.1) is 0 Å². The monoisotopic (exact) mass is 220 g/mol. The number of ketones is 1. The van der Waals surface area contributed by atoms with E-state index in [0.29, 0.717) is 11.7 Å². The maximum absolute atomic E-state index is 11.8. The molecule has 0 heterocycles. The first-order chi connectivity index (χ1) is 6.84. The Balaban J connectivity index is 2.46. The van der Waals surface area contributed by atoms with Crippen LogP contribution >= 0.6 is 0 Å². The maximum atomic E-state index is 11.8. The van der Waals surface area contributed by atoms with Crippen LogP contribution in [0.1, 0.15) is 19.8 Å². The molecule has 2 heteroatoms. The van der Waals surface area contributed by atoms with Gasteiger partial charge in [0.15, 0.2) is 0 Å². The molecule has 1 saturated carbocycles. The summed E-state index contributed by atoms with van der Waals surface area (Å²) in [5.74, 6) is 1.29. The molecule has 1 fully saturated rings. The second-order valence-corrected chi connectivity index (χ2v) is 11.0. The number of carbonyl (C=O) groups is 1. The fourth-order valence-corrected chi connectivity index (χ4v) is 5.84. The van der Waals surface area contributed by atoms with Crippen molar-refractivity contribution in [1.82, 2.24) is 0 Å². The molecule has 2 rings (SSSR count). The molecule has 2 aliphatic carbocycles. The third-order valence-electron chi connectivity index (χ3n) is 3.69. The lowest BCUT2D eigenvalue weighted by Gasteiger charge is -2.43. The van der Waals surface area contributed by atoms with E-state index >= 15 is 0 Å². The van der Waals surface area contributed by atoms with E-state index in [1.807, 2.05) is 0 Å². The van der Waals surface area contributed by atoms with Gasteiger partial charge < -0.3 is 0 Å². The normalized spacial score (nSPS) is 30.3. The third kappa shape index (κ3) is 1.46. The fourth-order valence-electron chi connectivity index (χ4n) is 3.24. The van der Waals surface area contributed by atoms with Crippen LogP contribution in [0.4, 0.5) is 0 Å². The minimum Gasteiger partial charge on any atom is -0.299 e. The molecule has 0 N–H and O–H groups in total. The Morgan fingerprint density at radius 1 is 1.40 bits per heavy atom. The van der Waals surface area contributed by atoms with Crippen LogP contribution in [0.25, 0.3) is 0 Å². The van der Waals surface area contributed by atoms with E-state index in [-0.39, 0.29) is 5.92 Å². The molecule has 0 spiro atoms. The predicted molar refractivity (Wildman–Crippen MR) is 66.4 cm³/mol. The quantitative estimate of drug-likeness (QED) is 0.652. The molecule has 0 amide bonds. The van der Waals surface area contributed by atoms with Crippen LogP contribution in [0.3, 0.4) is 0 Å². The summed E-state index contributed by atoms with van der Waals surface area (Å²) in [5.41, 5.74) is 2.46. The van der Waals surface area contributed by atoms with Gasteiger partial charge in [-0.1, -0.05) is 37.0 Å². The Bertz CT molecular complexity index is 370. The summed E-state index contributed by atoms with van der Waals surface area (Å²) in [6.07, 6.45) is 1.89. The molecular formula is C13H20OSi. The summed E-state index contributed by atoms with van der Waals surface area (Å²) < 4.78 is 0. The first-order valence-corrected chi connectivity index (χ1v) is 9.27. The van der Waals surface area contributed by atoms with Gasteiger partial charge in [0.2, 0.25) is 0 Å². The van der Waals surface area contributed by atoms with Crippen molar-refractivity contribution in [1.29, 1.82) is 0 Å². The van der Waals surface area contributed by atoms with Crippen LogP contribution in [-0.2, 0) is 4.79 Å². The molecule has 2 aliphatic rings. The first-order valence-electron chi connectivity index (χ1n) is 5.77. The summed E-state index contributed by atoms with van der Waals surface area (Å²) in [7, 11) is -1.25. The number of hydrogen-bond acceptors (Lipinski definition) is 1. The predicted octanol–water partition coefficient (Wildman–Crippen LogP) is 3.35. The standard InChI is InChI=1S/C13H20OSi/c1-8(2)11-12-9(6-7-10(12)14)13(11)15(3,4)5/h9,12H,1,6-7H2,2-5H3/t9-,12-/m0/s1. The molecule has 0 aliphatic heterocycles. The van der Waals surface area contributed by atoms with Crippen molar-refractivity contribution >= 4 is 13.9 Å². The molecule has 0 unspecified atom stereocenters. The average Bonchev–Trinajstić information content (AvgIpc) is 2.23. The number of allylic oxidation sites excluding steroid dienone is 3. The molecule has 0 aromatic carbocycles. The van der Waals surface area contributed by atoms with E-state index in [9.17, 15) is 4.79 Å². The van der Waals surface area contributed by atoms with E-state index in [0.717, 1.165) is 18.4 Å². The first kappa shape index (κ1) is 10.9. The van der Waals surface area contributed by atoms with Crippen molar-refractivity contribution in [3.63, 3.8) is 0 Å². The third-order valence-corrected chi connectivity index (χ3v) is 5.95. The van der Waals surface area contributed by atoms with Crippen molar-refractivity contribution in [2.24, 2.45) is 11.8 Å². The van der Waals surface area contributed by atoms with Gasteiger partial charge in [0.05, 0.1) is 8.07 Å². The van der Waals surface area contributed by atoms with Crippen molar-refractivity contribution < 1.29 is 4.79 Å². The van der Waals surface area contributed by atoms with E-state index in [2.05, 4.69) is 33.1 Å². The molecule has 1 nitrogen and oxygen atoms in total. The lowest BCUT2D eigenvalue weighted by molar-refractivity contribution is -0.120. The molecule has 0 radical (unpaired) electrons. The second-order valence-electron chi connectivity index (χ2n) is 5.95. The van der Waals surface area contributed by atoms with E-state index < -0.39 is 8.07 Å². The number of carbonyl (C=O) groups excluding carboxylic acids is 1. The molecule has 82 valence electrons. The highest BCUT2D eigenvalue weighted by atomic mass is 28.3. The van der Waals surface area contributed by atoms with Crippen molar-refractivity contribution in [2.45, 2.75) is 39.4 Å². The van der Waals surface area contributed by atoms with Gasteiger partial charge in [0.1, 0.15) is 5.78 Å². The largest absolute Gasteiger partial charge is 0.299 e. The van der Waals surface area contributed by atoms with Crippen LogP contribution in [0.15, 0.2) is 22.9 Å². The van der Waals surface area contributed by atoms with Crippen molar-refractivity contribution in [2.75, 3.05) is 0 Å². The van der Waals surface area contributed by atoms with Crippen LogP contribution < -0.4 is 0 Å². The summed E-state index contributed by atoms with van der Waals surface area (Å²) in [6, 6.07) is 0.